The number of hydrogen-bond acceptors (Lipinski definition) is 4. The Balaban J connectivity index is 1.49. The second-order valence-corrected chi connectivity index (χ2v) is 7.42. The van der Waals surface area contributed by atoms with E-state index in [9.17, 15) is 9.59 Å². The highest BCUT2D eigenvalue weighted by molar-refractivity contribution is 7.10. The van der Waals surface area contributed by atoms with E-state index in [-0.39, 0.29) is 24.7 Å². The van der Waals surface area contributed by atoms with Gasteiger partial charge in [-0.2, -0.15) is 0 Å². The van der Waals surface area contributed by atoms with Crippen LogP contribution in [-0.2, 0) is 29.1 Å². The first-order valence-electron chi connectivity index (χ1n) is 9.09. The van der Waals surface area contributed by atoms with E-state index < -0.39 is 0 Å². The molecule has 2 N–H and O–H groups in total. The van der Waals surface area contributed by atoms with E-state index in [0.717, 1.165) is 30.8 Å². The first kappa shape index (κ1) is 18.6. The lowest BCUT2D eigenvalue weighted by Crippen LogP contribution is -2.35. The van der Waals surface area contributed by atoms with E-state index in [1.54, 1.807) is 11.3 Å². The van der Waals surface area contributed by atoms with Gasteiger partial charge in [0.15, 0.2) is 0 Å². The van der Waals surface area contributed by atoms with Crippen molar-refractivity contribution in [3.63, 3.8) is 0 Å². The molecule has 0 aliphatic carbocycles. The molecule has 0 atom stereocenters. The quantitative estimate of drug-likeness (QED) is 0.786. The van der Waals surface area contributed by atoms with Crippen LogP contribution < -0.4 is 10.6 Å². The zero-order valence-corrected chi connectivity index (χ0v) is 15.9. The number of nitrogens with one attached hydrogen (secondary N) is 2. The standard InChI is InChI=1S/C20H25N3O2S/c1-2-21-13-15-5-3-4-6-17(15)22-19(24)7-8-20(25)23-11-9-18-16(14-23)10-12-26-18/h3-6,10,12,21H,2,7-9,11,13-14H2,1H3,(H,22,24). The number of hydrogen-bond donors (Lipinski definition) is 2. The van der Waals surface area contributed by atoms with Gasteiger partial charge in [0, 0.05) is 43.0 Å². The zero-order chi connectivity index (χ0) is 18.4. The Labute approximate surface area is 158 Å². The van der Waals surface area contributed by atoms with Crippen molar-refractivity contribution >= 4 is 28.8 Å². The second-order valence-electron chi connectivity index (χ2n) is 6.42. The van der Waals surface area contributed by atoms with Crippen LogP contribution in [0, 0.1) is 0 Å². The lowest BCUT2D eigenvalue weighted by atomic mass is 10.1. The molecule has 0 fully saturated rings. The molecule has 0 saturated heterocycles. The summed E-state index contributed by atoms with van der Waals surface area (Å²) in [5, 5.41) is 8.29. The highest BCUT2D eigenvalue weighted by Gasteiger charge is 2.21. The summed E-state index contributed by atoms with van der Waals surface area (Å²) in [6.07, 6.45) is 1.38. The molecule has 2 amide bonds. The second kappa shape index (κ2) is 8.96. The molecule has 2 aromatic rings. The summed E-state index contributed by atoms with van der Waals surface area (Å²) in [5.41, 5.74) is 3.11. The number of benzene rings is 1. The van der Waals surface area contributed by atoms with E-state index in [1.807, 2.05) is 36.1 Å². The SMILES string of the molecule is CCNCc1ccccc1NC(=O)CCC(=O)N1CCc2sccc2C1. The first-order chi connectivity index (χ1) is 12.7. The summed E-state index contributed by atoms with van der Waals surface area (Å²) in [4.78, 5) is 28.0. The number of carbonyl (C=O) groups excluding carboxylic acids is 2. The Morgan fingerprint density at radius 3 is 2.88 bits per heavy atom. The van der Waals surface area contributed by atoms with Gasteiger partial charge >= 0.3 is 0 Å². The van der Waals surface area contributed by atoms with Crippen LogP contribution >= 0.6 is 11.3 Å². The molecular formula is C20H25N3O2S. The van der Waals surface area contributed by atoms with Crippen molar-refractivity contribution in [3.8, 4) is 0 Å². The van der Waals surface area contributed by atoms with Crippen LogP contribution in [0.2, 0.25) is 0 Å². The molecule has 0 spiro atoms. The fraction of sp³-hybridized carbons (Fsp3) is 0.400. The van der Waals surface area contributed by atoms with Gasteiger partial charge in [0.1, 0.15) is 0 Å². The van der Waals surface area contributed by atoms with Crippen LogP contribution in [0.1, 0.15) is 35.8 Å². The molecule has 0 radical (unpaired) electrons. The van der Waals surface area contributed by atoms with Crippen molar-refractivity contribution in [3.05, 3.63) is 51.7 Å². The van der Waals surface area contributed by atoms with Crippen molar-refractivity contribution in [2.75, 3.05) is 18.4 Å². The fourth-order valence-corrected chi connectivity index (χ4v) is 4.00. The van der Waals surface area contributed by atoms with Gasteiger partial charge in [0.05, 0.1) is 0 Å². The summed E-state index contributed by atoms with van der Waals surface area (Å²) >= 11 is 1.76. The van der Waals surface area contributed by atoms with Gasteiger partial charge in [-0.1, -0.05) is 25.1 Å². The van der Waals surface area contributed by atoms with Gasteiger partial charge in [-0.15, -0.1) is 11.3 Å². The van der Waals surface area contributed by atoms with Gasteiger partial charge in [0.2, 0.25) is 11.8 Å². The average molecular weight is 372 g/mol. The maximum Gasteiger partial charge on any atom is 0.224 e. The number of amides is 2. The lowest BCUT2D eigenvalue weighted by Gasteiger charge is -2.27. The Hall–Kier alpha value is -2.18. The number of para-hydroxylation sites is 1. The molecule has 3 rings (SSSR count). The minimum absolute atomic E-state index is 0.0536. The summed E-state index contributed by atoms with van der Waals surface area (Å²) in [7, 11) is 0. The minimum atomic E-state index is -0.115. The molecular weight excluding hydrogens is 346 g/mol. The highest BCUT2D eigenvalue weighted by atomic mass is 32.1. The number of thiophene rings is 1. The maximum atomic E-state index is 12.4. The number of rotatable bonds is 7. The minimum Gasteiger partial charge on any atom is -0.338 e. The van der Waals surface area contributed by atoms with E-state index in [2.05, 4.69) is 22.1 Å². The smallest absolute Gasteiger partial charge is 0.224 e. The van der Waals surface area contributed by atoms with Gasteiger partial charge in [-0.25, -0.2) is 0 Å². The Morgan fingerprint density at radius 1 is 1.19 bits per heavy atom. The topological polar surface area (TPSA) is 61.4 Å². The summed E-state index contributed by atoms with van der Waals surface area (Å²) in [6.45, 7) is 5.05. The van der Waals surface area contributed by atoms with Crippen molar-refractivity contribution < 1.29 is 9.59 Å². The number of fused-ring (bicyclic) bond motifs is 1. The van der Waals surface area contributed by atoms with E-state index in [0.29, 0.717) is 13.1 Å². The van der Waals surface area contributed by atoms with Gasteiger partial charge in [-0.05, 0) is 41.6 Å². The predicted octanol–water partition coefficient (Wildman–Crippen LogP) is 3.16. The third-order valence-corrected chi connectivity index (χ3v) is 5.61. The van der Waals surface area contributed by atoms with Crippen LogP contribution in [0.25, 0.3) is 0 Å². The number of anilines is 1. The number of nitrogens with zero attached hydrogens (tertiary/aromatic N) is 1. The molecule has 5 nitrogen and oxygen atoms in total. The van der Waals surface area contributed by atoms with Gasteiger partial charge in [-0.3, -0.25) is 9.59 Å². The predicted molar refractivity (Wildman–Crippen MR) is 105 cm³/mol. The summed E-state index contributed by atoms with van der Waals surface area (Å²) in [6, 6.07) is 9.85. The normalized spacial score (nSPS) is 13.3. The van der Waals surface area contributed by atoms with E-state index >= 15 is 0 Å². The molecule has 0 saturated carbocycles. The third-order valence-electron chi connectivity index (χ3n) is 4.58. The molecule has 26 heavy (non-hydrogen) atoms. The monoisotopic (exact) mass is 371 g/mol. The van der Waals surface area contributed by atoms with Crippen LogP contribution in [0.5, 0.6) is 0 Å². The van der Waals surface area contributed by atoms with Crippen molar-refractivity contribution in [2.45, 2.75) is 39.3 Å². The molecule has 6 heteroatoms. The van der Waals surface area contributed by atoms with Crippen molar-refractivity contribution in [1.82, 2.24) is 10.2 Å². The molecule has 1 aliphatic rings. The Bertz CT molecular complexity index is 772. The molecule has 0 bridgehead atoms. The van der Waals surface area contributed by atoms with Gasteiger partial charge in [0.25, 0.3) is 0 Å². The molecule has 0 unspecified atom stereocenters. The Kier molecular flexibility index (Phi) is 6.41. The lowest BCUT2D eigenvalue weighted by molar-refractivity contribution is -0.133. The number of carbonyl (C=O) groups is 2. The van der Waals surface area contributed by atoms with E-state index in [4.69, 9.17) is 0 Å². The van der Waals surface area contributed by atoms with Crippen molar-refractivity contribution in [2.24, 2.45) is 0 Å². The zero-order valence-electron chi connectivity index (χ0n) is 15.1. The van der Waals surface area contributed by atoms with E-state index in [1.165, 1.54) is 10.4 Å². The molecule has 1 aromatic carbocycles. The molecule has 1 aromatic heterocycles. The van der Waals surface area contributed by atoms with Crippen LogP contribution in [0.4, 0.5) is 5.69 Å². The summed E-state index contributed by atoms with van der Waals surface area (Å²) in [5.74, 6) is -0.0616. The average Bonchev–Trinajstić information content (AvgIpc) is 3.13. The van der Waals surface area contributed by atoms with Crippen LogP contribution in [-0.4, -0.2) is 29.8 Å². The maximum absolute atomic E-state index is 12.4. The Morgan fingerprint density at radius 2 is 2.04 bits per heavy atom. The summed E-state index contributed by atoms with van der Waals surface area (Å²) < 4.78 is 0. The molecule has 2 heterocycles. The molecule has 138 valence electrons. The van der Waals surface area contributed by atoms with Gasteiger partial charge < -0.3 is 15.5 Å². The fourth-order valence-electron chi connectivity index (χ4n) is 3.11. The first-order valence-corrected chi connectivity index (χ1v) is 9.97. The third kappa shape index (κ3) is 4.71. The van der Waals surface area contributed by atoms with Crippen molar-refractivity contribution in [1.29, 1.82) is 0 Å². The van der Waals surface area contributed by atoms with Crippen LogP contribution in [0.3, 0.4) is 0 Å². The van der Waals surface area contributed by atoms with Crippen LogP contribution in [0.15, 0.2) is 35.7 Å². The largest absolute Gasteiger partial charge is 0.338 e. The molecule has 1 aliphatic heterocycles. The highest BCUT2D eigenvalue weighted by Crippen LogP contribution is 2.24.